The number of carbonyl (C=O) groups is 5. The summed E-state index contributed by atoms with van der Waals surface area (Å²) in [4.78, 5) is 58.6. The number of carbonyl (C=O) groups excluding carboxylic acids is 5. The van der Waals surface area contributed by atoms with E-state index in [0.717, 1.165) is 12.2 Å². The molecule has 8 heteroatoms. The standard InChI is InChI=1S/C20H30N2O6/c1-14(23)19(2,3)11-13-28-20(4,5)10-12-21-15(24)6-7-16(25)22-17(26)8-9-18(22)27/h8-9H,6-7,10-13H2,1-5H3,(H,21,24). The largest absolute Gasteiger partial charge is 0.375 e. The molecule has 0 saturated carbocycles. The molecule has 8 nitrogen and oxygen atoms in total. The molecule has 0 aromatic carbocycles. The van der Waals surface area contributed by atoms with E-state index >= 15 is 0 Å². The normalized spacial score (nSPS) is 14.5. The molecular formula is C20H30N2O6. The average Bonchev–Trinajstić information content (AvgIpc) is 2.90. The minimum atomic E-state index is -0.688. The van der Waals surface area contributed by atoms with Crippen molar-refractivity contribution < 1.29 is 28.7 Å². The van der Waals surface area contributed by atoms with Crippen molar-refractivity contribution in [3.8, 4) is 0 Å². The summed E-state index contributed by atoms with van der Waals surface area (Å²) in [7, 11) is 0. The van der Waals surface area contributed by atoms with Crippen LogP contribution >= 0.6 is 0 Å². The van der Waals surface area contributed by atoms with Crippen molar-refractivity contribution in [2.45, 2.75) is 65.9 Å². The molecule has 0 saturated heterocycles. The Balaban J connectivity index is 2.27. The minimum absolute atomic E-state index is 0.107. The highest BCUT2D eigenvalue weighted by Gasteiger charge is 2.30. The van der Waals surface area contributed by atoms with Crippen LogP contribution in [0, 0.1) is 5.41 Å². The van der Waals surface area contributed by atoms with Crippen molar-refractivity contribution in [3.63, 3.8) is 0 Å². The molecule has 0 unspecified atom stereocenters. The van der Waals surface area contributed by atoms with Crippen LogP contribution in [0.15, 0.2) is 12.2 Å². The summed E-state index contributed by atoms with van der Waals surface area (Å²) in [5.74, 6) is -2.27. The average molecular weight is 394 g/mol. The number of ether oxygens (including phenoxy) is 1. The second-order valence-electron chi connectivity index (χ2n) is 8.14. The Morgan fingerprint density at radius 2 is 1.57 bits per heavy atom. The third-order valence-electron chi connectivity index (χ3n) is 4.85. The van der Waals surface area contributed by atoms with Gasteiger partial charge in [-0.25, -0.2) is 4.90 Å². The van der Waals surface area contributed by atoms with Gasteiger partial charge in [0.1, 0.15) is 5.78 Å². The zero-order valence-electron chi connectivity index (χ0n) is 17.3. The summed E-state index contributed by atoms with van der Waals surface area (Å²) < 4.78 is 5.84. The van der Waals surface area contributed by atoms with Crippen molar-refractivity contribution in [1.82, 2.24) is 10.2 Å². The first-order chi connectivity index (χ1) is 12.9. The first-order valence-electron chi connectivity index (χ1n) is 9.36. The maximum absolute atomic E-state index is 11.9. The van der Waals surface area contributed by atoms with E-state index in [0.29, 0.717) is 30.9 Å². The molecule has 1 aliphatic heterocycles. The van der Waals surface area contributed by atoms with Gasteiger partial charge in [-0.15, -0.1) is 0 Å². The number of nitrogens with zero attached hydrogens (tertiary/aromatic N) is 1. The van der Waals surface area contributed by atoms with Crippen LogP contribution in [0.4, 0.5) is 0 Å². The maximum Gasteiger partial charge on any atom is 0.260 e. The predicted molar refractivity (Wildman–Crippen MR) is 102 cm³/mol. The highest BCUT2D eigenvalue weighted by atomic mass is 16.5. The van der Waals surface area contributed by atoms with Gasteiger partial charge in [-0.3, -0.25) is 24.0 Å². The zero-order valence-corrected chi connectivity index (χ0v) is 17.3. The molecule has 0 aromatic heterocycles. The van der Waals surface area contributed by atoms with Gasteiger partial charge in [-0.2, -0.15) is 0 Å². The number of hydrogen-bond donors (Lipinski definition) is 1. The summed E-state index contributed by atoms with van der Waals surface area (Å²) in [5.41, 5.74) is -0.902. The fraction of sp³-hybridized carbons (Fsp3) is 0.650. The molecule has 0 aromatic rings. The highest BCUT2D eigenvalue weighted by Crippen LogP contribution is 2.23. The topological polar surface area (TPSA) is 110 Å². The van der Waals surface area contributed by atoms with Crippen LogP contribution in [-0.4, -0.2) is 53.1 Å². The molecule has 0 aliphatic carbocycles. The Kier molecular flexibility index (Phi) is 8.23. The molecule has 0 atom stereocenters. The van der Waals surface area contributed by atoms with Crippen LogP contribution in [0.1, 0.15) is 60.3 Å². The van der Waals surface area contributed by atoms with Gasteiger partial charge in [0, 0.05) is 43.6 Å². The van der Waals surface area contributed by atoms with Crippen molar-refractivity contribution >= 4 is 29.4 Å². The summed E-state index contributed by atoms with van der Waals surface area (Å²) >= 11 is 0. The Hall–Kier alpha value is -2.35. The lowest BCUT2D eigenvalue weighted by Crippen LogP contribution is -2.37. The Morgan fingerprint density at radius 1 is 1.00 bits per heavy atom. The van der Waals surface area contributed by atoms with E-state index in [4.69, 9.17) is 4.74 Å². The molecule has 0 bridgehead atoms. The lowest BCUT2D eigenvalue weighted by Gasteiger charge is -2.28. The van der Waals surface area contributed by atoms with Crippen molar-refractivity contribution in [2.75, 3.05) is 13.2 Å². The van der Waals surface area contributed by atoms with Gasteiger partial charge in [0.2, 0.25) is 11.8 Å². The second kappa shape index (κ2) is 9.73. The lowest BCUT2D eigenvalue weighted by molar-refractivity contribution is -0.149. The Labute approximate surface area is 165 Å². The number of rotatable bonds is 11. The fourth-order valence-corrected chi connectivity index (χ4v) is 2.40. The van der Waals surface area contributed by atoms with Gasteiger partial charge in [0.05, 0.1) is 5.60 Å². The van der Waals surface area contributed by atoms with Gasteiger partial charge in [-0.05, 0) is 33.6 Å². The van der Waals surface area contributed by atoms with E-state index in [9.17, 15) is 24.0 Å². The highest BCUT2D eigenvalue weighted by molar-refractivity contribution is 6.22. The number of imide groups is 3. The van der Waals surface area contributed by atoms with Crippen molar-refractivity contribution in [2.24, 2.45) is 5.41 Å². The number of amides is 4. The van der Waals surface area contributed by atoms with E-state index < -0.39 is 28.7 Å². The van der Waals surface area contributed by atoms with Crippen LogP contribution in [0.25, 0.3) is 0 Å². The Bertz CT molecular complexity index is 660. The molecule has 0 spiro atoms. The Morgan fingerprint density at radius 3 is 2.11 bits per heavy atom. The summed E-state index contributed by atoms with van der Waals surface area (Å²) in [6.07, 6.45) is 2.90. The molecule has 28 heavy (non-hydrogen) atoms. The van der Waals surface area contributed by atoms with Crippen LogP contribution in [0.3, 0.4) is 0 Å². The predicted octanol–water partition coefficient (Wildman–Crippen LogP) is 1.52. The second-order valence-corrected chi connectivity index (χ2v) is 8.14. The molecule has 1 rings (SSSR count). The molecule has 0 radical (unpaired) electrons. The zero-order chi connectivity index (χ0) is 21.5. The number of nitrogens with one attached hydrogen (secondary N) is 1. The van der Waals surface area contributed by atoms with Crippen LogP contribution in [-0.2, 0) is 28.7 Å². The van der Waals surface area contributed by atoms with Crippen molar-refractivity contribution in [3.05, 3.63) is 12.2 Å². The maximum atomic E-state index is 11.9. The van der Waals surface area contributed by atoms with Gasteiger partial charge >= 0.3 is 0 Å². The number of Topliss-reactive ketones (excluding diaryl/α,β-unsaturated/α-hetero) is 1. The molecule has 0 fully saturated rings. The molecule has 1 N–H and O–H groups in total. The number of hydrogen-bond acceptors (Lipinski definition) is 6. The monoisotopic (exact) mass is 394 g/mol. The van der Waals surface area contributed by atoms with Gasteiger partial charge in [0.25, 0.3) is 11.8 Å². The summed E-state index contributed by atoms with van der Waals surface area (Å²) in [6, 6.07) is 0. The molecule has 1 aliphatic rings. The van der Waals surface area contributed by atoms with Gasteiger partial charge in [0.15, 0.2) is 0 Å². The first kappa shape index (κ1) is 23.7. The van der Waals surface area contributed by atoms with Gasteiger partial charge < -0.3 is 10.1 Å². The summed E-state index contributed by atoms with van der Waals surface area (Å²) in [5, 5.41) is 2.70. The molecule has 1 heterocycles. The smallest absolute Gasteiger partial charge is 0.260 e. The molecule has 4 amide bonds. The molecular weight excluding hydrogens is 364 g/mol. The van der Waals surface area contributed by atoms with Gasteiger partial charge in [-0.1, -0.05) is 13.8 Å². The van der Waals surface area contributed by atoms with Crippen LogP contribution in [0.5, 0.6) is 0 Å². The third kappa shape index (κ3) is 7.34. The van der Waals surface area contributed by atoms with Crippen LogP contribution < -0.4 is 5.32 Å². The number of ketones is 1. The third-order valence-corrected chi connectivity index (χ3v) is 4.85. The van der Waals surface area contributed by atoms with Crippen molar-refractivity contribution in [1.29, 1.82) is 0 Å². The fourth-order valence-electron chi connectivity index (χ4n) is 2.40. The van der Waals surface area contributed by atoms with E-state index in [1.54, 1.807) is 6.92 Å². The summed E-state index contributed by atoms with van der Waals surface area (Å²) in [6.45, 7) is 9.94. The SMILES string of the molecule is CC(=O)C(C)(C)CCOC(C)(C)CCNC(=O)CCC(=O)N1C(=O)C=CC1=O. The lowest BCUT2D eigenvalue weighted by atomic mass is 9.86. The molecule has 156 valence electrons. The van der Waals surface area contributed by atoms with E-state index in [-0.39, 0.29) is 24.5 Å². The van der Waals surface area contributed by atoms with E-state index in [2.05, 4.69) is 5.32 Å². The first-order valence-corrected chi connectivity index (χ1v) is 9.36. The van der Waals surface area contributed by atoms with E-state index in [1.165, 1.54) is 0 Å². The minimum Gasteiger partial charge on any atom is -0.375 e. The van der Waals surface area contributed by atoms with Crippen LogP contribution in [0.2, 0.25) is 0 Å². The van der Waals surface area contributed by atoms with E-state index in [1.807, 2.05) is 27.7 Å². The quantitative estimate of drug-likeness (QED) is 0.532.